The summed E-state index contributed by atoms with van der Waals surface area (Å²) in [6.07, 6.45) is 4.03. The van der Waals surface area contributed by atoms with E-state index in [1.807, 2.05) is 35.7 Å². The van der Waals surface area contributed by atoms with Crippen LogP contribution in [0.1, 0.15) is 11.3 Å². The Bertz CT molecular complexity index is 479. The van der Waals surface area contributed by atoms with Crippen molar-refractivity contribution in [1.29, 1.82) is 0 Å². The number of benzene rings is 1. The lowest BCUT2D eigenvalue weighted by atomic mass is 10.2. The van der Waals surface area contributed by atoms with Gasteiger partial charge < -0.3 is 10.5 Å². The molecule has 4 heteroatoms. The third-order valence-electron chi connectivity index (χ3n) is 2.14. The van der Waals surface area contributed by atoms with Gasteiger partial charge in [0.1, 0.15) is 0 Å². The Morgan fingerprint density at radius 1 is 1.29 bits per heavy atom. The summed E-state index contributed by atoms with van der Waals surface area (Å²) in [4.78, 5) is 4.11. The monoisotopic (exact) mass is 246 g/mol. The number of aromatic nitrogens is 1. The first-order valence-electron chi connectivity index (χ1n) is 5.34. The van der Waals surface area contributed by atoms with Gasteiger partial charge in [-0.2, -0.15) is 0 Å². The Morgan fingerprint density at radius 2 is 2.12 bits per heavy atom. The lowest BCUT2D eigenvalue weighted by Crippen LogP contribution is -1.93. The van der Waals surface area contributed by atoms with E-state index >= 15 is 0 Å². The molecule has 0 unspecified atom stereocenters. The van der Waals surface area contributed by atoms with Crippen LogP contribution in [0.3, 0.4) is 0 Å². The van der Waals surface area contributed by atoms with Gasteiger partial charge in [0.05, 0.1) is 18.9 Å². The Hall–Kier alpha value is -1.65. The van der Waals surface area contributed by atoms with Gasteiger partial charge in [0, 0.05) is 5.38 Å². The normalized spacial score (nSPS) is 11.1. The van der Waals surface area contributed by atoms with Crippen molar-refractivity contribution < 1.29 is 4.74 Å². The lowest BCUT2D eigenvalue weighted by Gasteiger charge is -1.97. The molecule has 0 fully saturated rings. The summed E-state index contributed by atoms with van der Waals surface area (Å²) < 4.78 is 5.46. The van der Waals surface area contributed by atoms with Gasteiger partial charge in [-0.25, -0.2) is 4.98 Å². The van der Waals surface area contributed by atoms with E-state index < -0.39 is 0 Å². The summed E-state index contributed by atoms with van der Waals surface area (Å²) >= 11 is 1.43. The van der Waals surface area contributed by atoms with Gasteiger partial charge in [0.2, 0.25) is 0 Å². The molecule has 0 saturated heterocycles. The fourth-order valence-electron chi connectivity index (χ4n) is 1.37. The molecule has 0 aliphatic carbocycles. The van der Waals surface area contributed by atoms with E-state index in [2.05, 4.69) is 17.1 Å². The predicted molar refractivity (Wildman–Crippen MR) is 71.7 cm³/mol. The fraction of sp³-hybridized carbons (Fsp3) is 0.154. The molecule has 1 aromatic carbocycles. The molecule has 0 spiro atoms. The highest BCUT2D eigenvalue weighted by molar-refractivity contribution is 7.13. The second kappa shape index (κ2) is 6.18. The first kappa shape index (κ1) is 11.8. The van der Waals surface area contributed by atoms with Gasteiger partial charge in [0.25, 0.3) is 0 Å². The molecule has 2 aromatic rings. The Morgan fingerprint density at radius 3 is 2.82 bits per heavy atom. The molecule has 0 atom stereocenters. The van der Waals surface area contributed by atoms with E-state index in [0.717, 1.165) is 5.69 Å². The van der Waals surface area contributed by atoms with Crippen LogP contribution in [0.5, 0.6) is 0 Å². The van der Waals surface area contributed by atoms with Crippen LogP contribution in [-0.4, -0.2) is 11.6 Å². The zero-order valence-corrected chi connectivity index (χ0v) is 10.2. The number of nitrogen functional groups attached to an aromatic ring is 1. The second-order valence-electron chi connectivity index (χ2n) is 3.51. The predicted octanol–water partition coefficient (Wildman–Crippen LogP) is 2.96. The molecule has 0 amide bonds. The highest BCUT2D eigenvalue weighted by Crippen LogP contribution is 2.11. The maximum atomic E-state index is 5.52. The van der Waals surface area contributed by atoms with Crippen LogP contribution in [0.4, 0.5) is 5.13 Å². The van der Waals surface area contributed by atoms with Crippen molar-refractivity contribution in [1.82, 2.24) is 4.98 Å². The van der Waals surface area contributed by atoms with Crippen molar-refractivity contribution in [2.45, 2.75) is 6.61 Å². The van der Waals surface area contributed by atoms with Crippen LogP contribution >= 0.6 is 11.3 Å². The van der Waals surface area contributed by atoms with Gasteiger partial charge in [-0.3, -0.25) is 0 Å². The van der Waals surface area contributed by atoms with E-state index in [-0.39, 0.29) is 0 Å². The molecular weight excluding hydrogens is 232 g/mol. The number of anilines is 1. The molecule has 88 valence electrons. The summed E-state index contributed by atoms with van der Waals surface area (Å²) in [5.74, 6) is 0. The van der Waals surface area contributed by atoms with Crippen LogP contribution in [0.15, 0.2) is 41.8 Å². The number of rotatable bonds is 5. The van der Waals surface area contributed by atoms with E-state index in [0.29, 0.717) is 18.3 Å². The molecule has 0 saturated carbocycles. The van der Waals surface area contributed by atoms with Crippen molar-refractivity contribution in [3.63, 3.8) is 0 Å². The maximum Gasteiger partial charge on any atom is 0.180 e. The number of hydrogen-bond donors (Lipinski definition) is 1. The smallest absolute Gasteiger partial charge is 0.180 e. The van der Waals surface area contributed by atoms with E-state index in [9.17, 15) is 0 Å². The van der Waals surface area contributed by atoms with Crippen LogP contribution in [-0.2, 0) is 11.3 Å². The minimum absolute atomic E-state index is 0.507. The zero-order valence-electron chi connectivity index (χ0n) is 9.37. The molecule has 3 nitrogen and oxygen atoms in total. The largest absolute Gasteiger partial charge is 0.375 e. The molecular formula is C13H14N2OS. The molecule has 0 aliphatic rings. The van der Waals surface area contributed by atoms with E-state index in [4.69, 9.17) is 10.5 Å². The standard InChI is InChI=1S/C13H14N2OS/c14-13-15-12(10-17-13)9-16-8-4-7-11-5-2-1-3-6-11/h1-7,10H,8-9H2,(H2,14,15)/b7-4+. The fourth-order valence-corrected chi connectivity index (χ4v) is 1.92. The van der Waals surface area contributed by atoms with Crippen molar-refractivity contribution in [2.75, 3.05) is 12.3 Å². The Labute approximate surface area is 105 Å². The molecule has 17 heavy (non-hydrogen) atoms. The summed E-state index contributed by atoms with van der Waals surface area (Å²) in [6, 6.07) is 10.1. The molecule has 1 aromatic heterocycles. The van der Waals surface area contributed by atoms with Crippen LogP contribution in [0, 0.1) is 0 Å². The van der Waals surface area contributed by atoms with Gasteiger partial charge in [-0.05, 0) is 5.56 Å². The average Bonchev–Trinajstić information content (AvgIpc) is 2.76. The minimum Gasteiger partial charge on any atom is -0.375 e. The topological polar surface area (TPSA) is 48.1 Å². The third-order valence-corrected chi connectivity index (χ3v) is 2.87. The second-order valence-corrected chi connectivity index (χ2v) is 4.39. The van der Waals surface area contributed by atoms with Crippen molar-refractivity contribution in [2.24, 2.45) is 0 Å². The molecule has 2 N–H and O–H groups in total. The van der Waals surface area contributed by atoms with Crippen LogP contribution < -0.4 is 5.73 Å². The number of nitrogens with two attached hydrogens (primary N) is 1. The molecule has 0 radical (unpaired) electrons. The van der Waals surface area contributed by atoms with Crippen molar-refractivity contribution >= 4 is 22.5 Å². The maximum absolute atomic E-state index is 5.52. The first-order valence-corrected chi connectivity index (χ1v) is 6.22. The van der Waals surface area contributed by atoms with Gasteiger partial charge in [-0.15, -0.1) is 11.3 Å². The molecule has 0 bridgehead atoms. The first-order chi connectivity index (χ1) is 8.34. The van der Waals surface area contributed by atoms with Crippen LogP contribution in [0.25, 0.3) is 6.08 Å². The summed E-state index contributed by atoms with van der Waals surface area (Å²) in [6.45, 7) is 1.08. The van der Waals surface area contributed by atoms with Gasteiger partial charge >= 0.3 is 0 Å². The summed E-state index contributed by atoms with van der Waals surface area (Å²) in [5.41, 5.74) is 7.59. The average molecular weight is 246 g/mol. The number of hydrogen-bond acceptors (Lipinski definition) is 4. The highest BCUT2D eigenvalue weighted by atomic mass is 32.1. The zero-order chi connectivity index (χ0) is 11.9. The number of nitrogens with zero attached hydrogens (tertiary/aromatic N) is 1. The van der Waals surface area contributed by atoms with Crippen molar-refractivity contribution in [3.05, 3.63) is 53.0 Å². The SMILES string of the molecule is Nc1nc(COC/C=C/c2ccccc2)cs1. The minimum atomic E-state index is 0.507. The molecule has 2 rings (SSSR count). The van der Waals surface area contributed by atoms with Gasteiger partial charge in [-0.1, -0.05) is 42.5 Å². The highest BCUT2D eigenvalue weighted by Gasteiger charge is 1.97. The van der Waals surface area contributed by atoms with E-state index in [1.54, 1.807) is 0 Å². The number of ether oxygens (including phenoxy) is 1. The van der Waals surface area contributed by atoms with Gasteiger partial charge in [0.15, 0.2) is 5.13 Å². The Kier molecular flexibility index (Phi) is 4.30. The quantitative estimate of drug-likeness (QED) is 0.825. The van der Waals surface area contributed by atoms with Crippen LogP contribution in [0.2, 0.25) is 0 Å². The Balaban J connectivity index is 1.71. The number of thiazole rings is 1. The van der Waals surface area contributed by atoms with Crippen molar-refractivity contribution in [3.8, 4) is 0 Å². The van der Waals surface area contributed by atoms with E-state index in [1.165, 1.54) is 16.9 Å². The molecule has 0 aliphatic heterocycles. The lowest BCUT2D eigenvalue weighted by molar-refractivity contribution is 0.146. The summed E-state index contributed by atoms with van der Waals surface area (Å²) in [7, 11) is 0. The third kappa shape index (κ3) is 4.01. The molecule has 1 heterocycles. The summed E-state index contributed by atoms with van der Waals surface area (Å²) in [5, 5.41) is 2.50.